The van der Waals surface area contributed by atoms with Crippen LogP contribution >= 0.6 is 0 Å². The summed E-state index contributed by atoms with van der Waals surface area (Å²) < 4.78 is 5.19. The Balaban J connectivity index is 1.68. The monoisotopic (exact) mass is 380 g/mol. The number of imide groups is 1. The summed E-state index contributed by atoms with van der Waals surface area (Å²) in [5.74, 6) is -2.74. The number of amides is 3. The van der Waals surface area contributed by atoms with E-state index in [0.29, 0.717) is 0 Å². The van der Waals surface area contributed by atoms with E-state index < -0.39 is 35.7 Å². The van der Waals surface area contributed by atoms with E-state index in [0.717, 1.165) is 11.1 Å². The van der Waals surface area contributed by atoms with E-state index in [2.05, 4.69) is 10.6 Å². The first-order valence-corrected chi connectivity index (χ1v) is 8.91. The summed E-state index contributed by atoms with van der Waals surface area (Å²) in [7, 11) is 0. The molecule has 1 aliphatic rings. The zero-order valence-corrected chi connectivity index (χ0v) is 15.1. The minimum atomic E-state index is -1.10. The van der Waals surface area contributed by atoms with Crippen molar-refractivity contribution in [2.24, 2.45) is 5.92 Å². The number of hydrogen-bond donors (Lipinski definition) is 2. The molecule has 28 heavy (non-hydrogen) atoms. The maximum atomic E-state index is 12.8. The van der Waals surface area contributed by atoms with E-state index in [1.54, 1.807) is 0 Å². The van der Waals surface area contributed by atoms with E-state index >= 15 is 0 Å². The molecular formula is C21H20N2O5. The van der Waals surface area contributed by atoms with Crippen LogP contribution in [0, 0.1) is 5.92 Å². The van der Waals surface area contributed by atoms with Crippen LogP contribution in [0.4, 0.5) is 4.79 Å². The topological polar surface area (TPSA) is 102 Å². The van der Waals surface area contributed by atoms with Crippen molar-refractivity contribution in [1.29, 1.82) is 0 Å². The third-order valence-electron chi connectivity index (χ3n) is 4.44. The second-order valence-corrected chi connectivity index (χ2v) is 6.52. The fourth-order valence-corrected chi connectivity index (χ4v) is 3.01. The number of carbonyl (C=O) groups excluding carboxylic acids is 4. The molecule has 0 radical (unpaired) electrons. The molecule has 7 nitrogen and oxygen atoms in total. The van der Waals surface area contributed by atoms with Gasteiger partial charge in [0.2, 0.25) is 11.8 Å². The first-order valence-electron chi connectivity index (χ1n) is 8.91. The van der Waals surface area contributed by atoms with Crippen molar-refractivity contribution in [2.45, 2.75) is 25.5 Å². The Morgan fingerprint density at radius 1 is 1.00 bits per heavy atom. The molecule has 2 aromatic carbocycles. The molecular weight excluding hydrogens is 360 g/mol. The van der Waals surface area contributed by atoms with E-state index in [-0.39, 0.29) is 19.4 Å². The summed E-state index contributed by atoms with van der Waals surface area (Å²) in [5.41, 5.74) is 1.62. The molecule has 0 aliphatic carbocycles. The van der Waals surface area contributed by atoms with E-state index in [9.17, 15) is 19.2 Å². The van der Waals surface area contributed by atoms with Gasteiger partial charge < -0.3 is 10.1 Å². The Hall–Kier alpha value is -3.48. The zero-order valence-electron chi connectivity index (χ0n) is 15.1. The molecule has 144 valence electrons. The van der Waals surface area contributed by atoms with Crippen LogP contribution in [-0.2, 0) is 32.1 Å². The molecule has 0 saturated carbocycles. The number of Topliss-reactive ketones (excluding diaryl/α,β-unsaturated/α-hetero) is 1. The molecule has 1 aliphatic heterocycles. The Morgan fingerprint density at radius 2 is 1.61 bits per heavy atom. The van der Waals surface area contributed by atoms with Crippen molar-refractivity contribution in [2.75, 3.05) is 0 Å². The molecule has 1 saturated heterocycles. The fourth-order valence-electron chi connectivity index (χ4n) is 3.01. The second kappa shape index (κ2) is 8.94. The lowest BCUT2D eigenvalue weighted by atomic mass is 9.92. The average molecular weight is 380 g/mol. The van der Waals surface area contributed by atoms with Crippen LogP contribution < -0.4 is 10.6 Å². The largest absolute Gasteiger partial charge is 0.445 e. The molecule has 3 rings (SSSR count). The number of benzene rings is 2. The van der Waals surface area contributed by atoms with Crippen molar-refractivity contribution >= 4 is 23.7 Å². The highest BCUT2D eigenvalue weighted by molar-refractivity contribution is 6.15. The van der Waals surface area contributed by atoms with Gasteiger partial charge in [0.1, 0.15) is 12.5 Å². The summed E-state index contributed by atoms with van der Waals surface area (Å²) in [5, 5.41) is 4.67. The third kappa shape index (κ3) is 5.03. The molecule has 0 aromatic heterocycles. The van der Waals surface area contributed by atoms with Crippen LogP contribution in [0.15, 0.2) is 60.7 Å². The highest BCUT2D eigenvalue weighted by atomic mass is 16.5. The number of alkyl carbamates (subject to hydrolysis) is 1. The second-order valence-electron chi connectivity index (χ2n) is 6.52. The molecule has 1 heterocycles. The molecule has 0 bridgehead atoms. The van der Waals surface area contributed by atoms with Gasteiger partial charge in [-0.05, 0) is 17.5 Å². The van der Waals surface area contributed by atoms with Crippen molar-refractivity contribution in [3.63, 3.8) is 0 Å². The van der Waals surface area contributed by atoms with E-state index in [4.69, 9.17) is 4.74 Å². The van der Waals surface area contributed by atoms with Crippen molar-refractivity contribution in [3.8, 4) is 0 Å². The maximum Gasteiger partial charge on any atom is 0.408 e. The standard InChI is InChI=1S/C21H20N2O5/c24-18-12-16(20(26)23-18)19(25)17(11-14-7-3-1-4-8-14)22-21(27)28-13-15-9-5-2-6-10-15/h1-10,16-17H,11-13H2,(H,22,27)(H,23,24,26)/t16?,17-/m0/s1. The summed E-state index contributed by atoms with van der Waals surface area (Å²) >= 11 is 0. The summed E-state index contributed by atoms with van der Waals surface area (Å²) in [4.78, 5) is 48.4. The summed E-state index contributed by atoms with van der Waals surface area (Å²) in [6.45, 7) is 0.0569. The van der Waals surface area contributed by atoms with E-state index in [1.165, 1.54) is 0 Å². The fraction of sp³-hybridized carbons (Fsp3) is 0.238. The smallest absolute Gasteiger partial charge is 0.408 e. The quantitative estimate of drug-likeness (QED) is 0.563. The average Bonchev–Trinajstić information content (AvgIpc) is 3.05. The van der Waals surface area contributed by atoms with Gasteiger partial charge in [-0.2, -0.15) is 0 Å². The van der Waals surface area contributed by atoms with Gasteiger partial charge >= 0.3 is 6.09 Å². The lowest BCUT2D eigenvalue weighted by Gasteiger charge is -2.19. The van der Waals surface area contributed by atoms with Gasteiger partial charge in [-0.15, -0.1) is 0 Å². The predicted octanol–water partition coefficient (Wildman–Crippen LogP) is 1.76. The lowest BCUT2D eigenvalue weighted by Crippen LogP contribution is -2.46. The highest BCUT2D eigenvalue weighted by Gasteiger charge is 2.40. The number of rotatable bonds is 7. The molecule has 7 heteroatoms. The molecule has 1 unspecified atom stereocenters. The number of ketones is 1. The van der Waals surface area contributed by atoms with Crippen LogP contribution in [0.5, 0.6) is 0 Å². The normalized spacial score (nSPS) is 16.9. The molecule has 1 fully saturated rings. The third-order valence-corrected chi connectivity index (χ3v) is 4.44. The Bertz CT molecular complexity index is 867. The predicted molar refractivity (Wildman–Crippen MR) is 100.0 cm³/mol. The minimum Gasteiger partial charge on any atom is -0.445 e. The van der Waals surface area contributed by atoms with Crippen LogP contribution in [0.3, 0.4) is 0 Å². The zero-order chi connectivity index (χ0) is 19.9. The van der Waals surface area contributed by atoms with Crippen molar-refractivity contribution < 1.29 is 23.9 Å². The minimum absolute atomic E-state index is 0.0569. The number of nitrogens with one attached hydrogen (secondary N) is 2. The molecule has 2 atom stereocenters. The highest BCUT2D eigenvalue weighted by Crippen LogP contribution is 2.16. The Labute approximate surface area is 162 Å². The van der Waals surface area contributed by atoms with Crippen LogP contribution in [0.2, 0.25) is 0 Å². The lowest BCUT2D eigenvalue weighted by molar-refractivity contribution is -0.132. The van der Waals surface area contributed by atoms with Gasteiger partial charge in [-0.1, -0.05) is 60.7 Å². The molecule has 0 spiro atoms. The van der Waals surface area contributed by atoms with Gasteiger partial charge in [0.15, 0.2) is 5.78 Å². The number of ether oxygens (including phenoxy) is 1. The number of hydrogen-bond acceptors (Lipinski definition) is 5. The molecule has 2 N–H and O–H groups in total. The SMILES string of the molecule is O=C1CC(C(=O)[C@H](Cc2ccccc2)NC(=O)OCc2ccccc2)C(=O)N1. The number of carbonyl (C=O) groups is 4. The Kier molecular flexibility index (Phi) is 6.16. The van der Waals surface area contributed by atoms with Crippen molar-refractivity contribution in [3.05, 3.63) is 71.8 Å². The van der Waals surface area contributed by atoms with Crippen LogP contribution in [0.25, 0.3) is 0 Å². The van der Waals surface area contributed by atoms with Crippen LogP contribution in [-0.4, -0.2) is 29.7 Å². The molecule has 3 amide bonds. The van der Waals surface area contributed by atoms with Gasteiger partial charge in [0.25, 0.3) is 0 Å². The maximum absolute atomic E-state index is 12.8. The van der Waals surface area contributed by atoms with E-state index in [1.807, 2.05) is 60.7 Å². The first-order chi connectivity index (χ1) is 13.5. The first kappa shape index (κ1) is 19.3. The van der Waals surface area contributed by atoms with Gasteiger partial charge in [0, 0.05) is 6.42 Å². The summed E-state index contributed by atoms with van der Waals surface area (Å²) in [6, 6.07) is 17.3. The van der Waals surface area contributed by atoms with Gasteiger partial charge in [-0.25, -0.2) is 4.79 Å². The van der Waals surface area contributed by atoms with Crippen LogP contribution in [0.1, 0.15) is 17.5 Å². The van der Waals surface area contributed by atoms with Crippen molar-refractivity contribution in [1.82, 2.24) is 10.6 Å². The Morgan fingerprint density at radius 3 is 2.18 bits per heavy atom. The summed E-state index contributed by atoms with van der Waals surface area (Å²) in [6.07, 6.45) is -0.773. The van der Waals surface area contributed by atoms with Gasteiger partial charge in [-0.3, -0.25) is 19.7 Å². The molecule has 2 aromatic rings. The van der Waals surface area contributed by atoms with Gasteiger partial charge in [0.05, 0.1) is 6.04 Å².